The van der Waals surface area contributed by atoms with Crippen LogP contribution in [0.3, 0.4) is 0 Å². The maximum atomic E-state index is 13.5. The Labute approximate surface area is 120 Å². The summed E-state index contributed by atoms with van der Waals surface area (Å²) in [6.45, 7) is 0.370. The van der Waals surface area contributed by atoms with Crippen LogP contribution in [0.4, 0.5) is 20.4 Å². The Kier molecular flexibility index (Phi) is 4.96. The first-order valence-corrected chi connectivity index (χ1v) is 6.13. The molecule has 0 spiro atoms. The van der Waals surface area contributed by atoms with E-state index >= 15 is 0 Å². The van der Waals surface area contributed by atoms with Crippen molar-refractivity contribution >= 4 is 11.6 Å². The van der Waals surface area contributed by atoms with Crippen molar-refractivity contribution in [3.8, 4) is 0 Å². The van der Waals surface area contributed by atoms with E-state index in [1.54, 1.807) is 6.07 Å². The fourth-order valence-corrected chi connectivity index (χ4v) is 1.71. The molecule has 0 aliphatic rings. The molecule has 1 aromatic heterocycles. The maximum absolute atomic E-state index is 13.5. The van der Waals surface area contributed by atoms with Gasteiger partial charge in [0.15, 0.2) is 5.82 Å². The highest BCUT2D eigenvalue weighted by Crippen LogP contribution is 2.14. The fourth-order valence-electron chi connectivity index (χ4n) is 1.71. The van der Waals surface area contributed by atoms with Gasteiger partial charge in [-0.2, -0.15) is 0 Å². The molecule has 0 saturated heterocycles. The summed E-state index contributed by atoms with van der Waals surface area (Å²) in [6, 6.07) is 4.97. The van der Waals surface area contributed by atoms with Crippen LogP contribution in [0.15, 0.2) is 24.3 Å². The molecule has 0 unspecified atom stereocenters. The number of nitrogens with one attached hydrogen (secondary N) is 2. The number of aromatic nitrogens is 2. The number of hydrogen-bond donors (Lipinski definition) is 3. The highest BCUT2D eigenvalue weighted by atomic mass is 19.1. The Morgan fingerprint density at radius 3 is 2.62 bits per heavy atom. The number of ether oxygens (including phenoxy) is 1. The summed E-state index contributed by atoms with van der Waals surface area (Å²) in [6.07, 6.45) is 0. The summed E-state index contributed by atoms with van der Waals surface area (Å²) in [5.41, 5.74) is 2.74. The van der Waals surface area contributed by atoms with E-state index in [4.69, 9.17) is 10.6 Å². The molecule has 0 aliphatic carbocycles. The van der Waals surface area contributed by atoms with Gasteiger partial charge in [0.2, 0.25) is 0 Å². The first kappa shape index (κ1) is 15.1. The summed E-state index contributed by atoms with van der Waals surface area (Å²) >= 11 is 0. The van der Waals surface area contributed by atoms with Crippen LogP contribution < -0.4 is 16.6 Å². The molecule has 2 aromatic rings. The lowest BCUT2D eigenvalue weighted by atomic mass is 10.2. The molecule has 4 N–H and O–H groups in total. The van der Waals surface area contributed by atoms with Gasteiger partial charge in [-0.3, -0.25) is 0 Å². The molecular formula is C13H15F2N5O. The van der Waals surface area contributed by atoms with Crippen LogP contribution in [0.5, 0.6) is 0 Å². The molecule has 112 valence electrons. The van der Waals surface area contributed by atoms with Crippen LogP contribution in [0.2, 0.25) is 0 Å². The standard InChI is InChI=1S/C13H15F2N5O/c1-21-7-13-18-11(5-12(19-13)20-16)17-6-8-2-3-9(14)4-10(8)15/h2-5H,6-7,16H2,1H3,(H2,17,18,19,20). The van der Waals surface area contributed by atoms with Crippen molar-refractivity contribution in [2.24, 2.45) is 5.84 Å². The lowest BCUT2D eigenvalue weighted by molar-refractivity contribution is 0.178. The Bertz CT molecular complexity index is 624. The second-order valence-corrected chi connectivity index (χ2v) is 4.22. The Hall–Kier alpha value is -2.32. The number of anilines is 2. The minimum atomic E-state index is -0.620. The molecule has 8 heteroatoms. The van der Waals surface area contributed by atoms with Gasteiger partial charge >= 0.3 is 0 Å². The van der Waals surface area contributed by atoms with E-state index in [9.17, 15) is 8.78 Å². The predicted octanol–water partition coefficient (Wildman–Crippen LogP) is 1.80. The van der Waals surface area contributed by atoms with E-state index in [1.807, 2.05) is 0 Å². The van der Waals surface area contributed by atoms with Gasteiger partial charge < -0.3 is 15.5 Å². The van der Waals surface area contributed by atoms with Crippen molar-refractivity contribution in [3.05, 3.63) is 47.3 Å². The monoisotopic (exact) mass is 295 g/mol. The van der Waals surface area contributed by atoms with Crippen LogP contribution in [-0.2, 0) is 17.9 Å². The second-order valence-electron chi connectivity index (χ2n) is 4.22. The molecule has 1 aromatic carbocycles. The lowest BCUT2D eigenvalue weighted by Gasteiger charge is -2.10. The van der Waals surface area contributed by atoms with Gasteiger partial charge in [0.05, 0.1) is 0 Å². The average Bonchev–Trinajstić information content (AvgIpc) is 2.46. The molecule has 0 aliphatic heterocycles. The summed E-state index contributed by atoms with van der Waals surface area (Å²) in [5.74, 6) is 5.37. The van der Waals surface area contributed by atoms with Gasteiger partial charge in [-0.25, -0.2) is 24.6 Å². The SMILES string of the molecule is COCc1nc(NN)cc(NCc2ccc(F)cc2F)n1. The molecule has 0 bridgehead atoms. The lowest BCUT2D eigenvalue weighted by Crippen LogP contribution is -2.13. The Morgan fingerprint density at radius 1 is 1.19 bits per heavy atom. The van der Waals surface area contributed by atoms with E-state index in [0.717, 1.165) is 6.07 Å². The zero-order valence-electron chi connectivity index (χ0n) is 11.4. The van der Waals surface area contributed by atoms with Crippen LogP contribution in [0, 0.1) is 11.6 Å². The second kappa shape index (κ2) is 6.91. The zero-order chi connectivity index (χ0) is 15.2. The van der Waals surface area contributed by atoms with E-state index in [2.05, 4.69) is 20.7 Å². The van der Waals surface area contributed by atoms with E-state index in [-0.39, 0.29) is 13.2 Å². The minimum absolute atomic E-state index is 0.152. The minimum Gasteiger partial charge on any atom is -0.377 e. The number of nitrogen functional groups attached to an aromatic ring is 1. The number of nitrogens with zero attached hydrogens (tertiary/aromatic N) is 2. The molecule has 21 heavy (non-hydrogen) atoms. The first-order valence-electron chi connectivity index (χ1n) is 6.13. The van der Waals surface area contributed by atoms with Crippen molar-refractivity contribution in [2.75, 3.05) is 17.9 Å². The zero-order valence-corrected chi connectivity index (χ0v) is 11.4. The number of nitrogens with two attached hydrogens (primary N) is 1. The molecule has 0 fully saturated rings. The molecule has 0 radical (unpaired) electrons. The highest BCUT2D eigenvalue weighted by molar-refractivity contribution is 5.47. The summed E-state index contributed by atoms with van der Waals surface area (Å²) in [4.78, 5) is 8.28. The van der Waals surface area contributed by atoms with Crippen LogP contribution >= 0.6 is 0 Å². The highest BCUT2D eigenvalue weighted by Gasteiger charge is 2.07. The Balaban J connectivity index is 2.13. The number of halogens is 2. The number of hydrazine groups is 1. The quantitative estimate of drug-likeness (QED) is 0.556. The molecule has 6 nitrogen and oxygen atoms in total. The number of hydrogen-bond acceptors (Lipinski definition) is 6. The molecular weight excluding hydrogens is 280 g/mol. The van der Waals surface area contributed by atoms with E-state index in [1.165, 1.54) is 19.2 Å². The van der Waals surface area contributed by atoms with Crippen LogP contribution in [-0.4, -0.2) is 17.1 Å². The third-order valence-corrected chi connectivity index (χ3v) is 2.67. The van der Waals surface area contributed by atoms with Gasteiger partial charge in [-0.05, 0) is 6.07 Å². The van der Waals surface area contributed by atoms with Gasteiger partial charge in [0, 0.05) is 31.4 Å². The van der Waals surface area contributed by atoms with Crippen molar-refractivity contribution < 1.29 is 13.5 Å². The normalized spacial score (nSPS) is 10.5. The van der Waals surface area contributed by atoms with Crippen LogP contribution in [0.1, 0.15) is 11.4 Å². The van der Waals surface area contributed by atoms with Crippen molar-refractivity contribution in [2.45, 2.75) is 13.2 Å². The third-order valence-electron chi connectivity index (χ3n) is 2.67. The van der Waals surface area contributed by atoms with E-state index in [0.29, 0.717) is 23.0 Å². The molecule has 0 amide bonds. The van der Waals surface area contributed by atoms with Crippen molar-refractivity contribution in [1.82, 2.24) is 9.97 Å². The Morgan fingerprint density at radius 2 is 1.95 bits per heavy atom. The van der Waals surface area contributed by atoms with Crippen molar-refractivity contribution in [1.29, 1.82) is 0 Å². The number of methoxy groups -OCH3 is 1. The number of benzene rings is 1. The van der Waals surface area contributed by atoms with Gasteiger partial charge in [-0.1, -0.05) is 6.07 Å². The molecule has 0 saturated carbocycles. The largest absolute Gasteiger partial charge is 0.377 e. The predicted molar refractivity (Wildman–Crippen MR) is 74.2 cm³/mol. The fraction of sp³-hybridized carbons (Fsp3) is 0.231. The molecule has 1 heterocycles. The first-order chi connectivity index (χ1) is 10.1. The molecule has 2 rings (SSSR count). The summed E-state index contributed by atoms with van der Waals surface area (Å²) < 4.78 is 31.3. The van der Waals surface area contributed by atoms with E-state index < -0.39 is 11.6 Å². The van der Waals surface area contributed by atoms with Crippen molar-refractivity contribution in [3.63, 3.8) is 0 Å². The molecule has 0 atom stereocenters. The van der Waals surface area contributed by atoms with Gasteiger partial charge in [0.1, 0.15) is 29.9 Å². The average molecular weight is 295 g/mol. The van der Waals surface area contributed by atoms with Gasteiger partial charge in [-0.15, -0.1) is 0 Å². The maximum Gasteiger partial charge on any atom is 0.158 e. The summed E-state index contributed by atoms with van der Waals surface area (Å²) in [7, 11) is 1.52. The summed E-state index contributed by atoms with van der Waals surface area (Å²) in [5, 5.41) is 2.93. The van der Waals surface area contributed by atoms with Crippen LogP contribution in [0.25, 0.3) is 0 Å². The third kappa shape index (κ3) is 4.07. The topological polar surface area (TPSA) is 85.1 Å². The number of rotatable bonds is 6. The van der Waals surface area contributed by atoms with Gasteiger partial charge in [0.25, 0.3) is 0 Å². The smallest absolute Gasteiger partial charge is 0.158 e.